The number of allylic oxidation sites excluding steroid dienone is 1. The van der Waals surface area contributed by atoms with Gasteiger partial charge in [-0.05, 0) is 64.0 Å². The van der Waals surface area contributed by atoms with Gasteiger partial charge in [0.25, 0.3) is 0 Å². The van der Waals surface area contributed by atoms with Gasteiger partial charge in [0.2, 0.25) is 0 Å². The second-order valence-corrected chi connectivity index (χ2v) is 11.4. The van der Waals surface area contributed by atoms with Gasteiger partial charge < -0.3 is 15.2 Å². The predicted octanol–water partition coefficient (Wildman–Crippen LogP) is 3.47. The summed E-state index contributed by atoms with van der Waals surface area (Å²) in [4.78, 5) is 18.8. The molecule has 9 heteroatoms. The Hall–Kier alpha value is -2.55. The molecule has 180 valence electrons. The lowest BCUT2D eigenvalue weighted by Crippen LogP contribution is -2.42. The Morgan fingerprint density at radius 2 is 2.00 bits per heavy atom. The SMILES string of the molecule is COC(=O)N1c2ccc(C(C=NC3CCCS(=O)(=O)C3)=CN)c(OC3CCC3)c2CC[C@@H]1C. The lowest BCUT2D eigenvalue weighted by Gasteiger charge is -2.37. The monoisotopic (exact) mass is 475 g/mol. The minimum atomic E-state index is -3.04. The van der Waals surface area contributed by atoms with E-state index in [0.717, 1.165) is 61.1 Å². The molecule has 33 heavy (non-hydrogen) atoms. The Morgan fingerprint density at radius 1 is 1.21 bits per heavy atom. The number of sulfone groups is 1. The Balaban J connectivity index is 1.71. The third kappa shape index (κ3) is 5.03. The first-order chi connectivity index (χ1) is 15.8. The van der Waals surface area contributed by atoms with E-state index in [2.05, 4.69) is 4.99 Å². The van der Waals surface area contributed by atoms with Crippen LogP contribution in [0.3, 0.4) is 0 Å². The van der Waals surface area contributed by atoms with Crippen LogP contribution in [0.4, 0.5) is 10.5 Å². The highest BCUT2D eigenvalue weighted by Crippen LogP contribution is 2.43. The number of hydrogen-bond donors (Lipinski definition) is 1. The molecule has 2 fully saturated rings. The number of amides is 1. The van der Waals surface area contributed by atoms with Gasteiger partial charge in [0, 0.05) is 35.2 Å². The van der Waals surface area contributed by atoms with Gasteiger partial charge in [-0.1, -0.05) is 0 Å². The van der Waals surface area contributed by atoms with E-state index >= 15 is 0 Å². The molecular weight excluding hydrogens is 442 g/mol. The van der Waals surface area contributed by atoms with Crippen LogP contribution in [-0.4, -0.2) is 57.5 Å². The maximum absolute atomic E-state index is 12.5. The molecule has 2 aliphatic heterocycles. The van der Waals surface area contributed by atoms with Crippen LogP contribution in [0.1, 0.15) is 56.6 Å². The summed E-state index contributed by atoms with van der Waals surface area (Å²) in [5.74, 6) is 1.04. The standard InChI is InChI=1S/C24H33N3O5S/c1-16-8-9-21-22(27(16)24(28)31-2)11-10-20(23(21)32-19-6-3-7-19)17(13-25)14-26-18-5-4-12-33(29,30)15-18/h10-11,13-14,16,18-19H,3-9,12,15,25H2,1-2H3/t16-,18?/m0/s1. The highest BCUT2D eigenvalue weighted by atomic mass is 32.2. The summed E-state index contributed by atoms with van der Waals surface area (Å²) < 4.78 is 35.5. The van der Waals surface area contributed by atoms with Crippen LogP contribution in [0.2, 0.25) is 0 Å². The van der Waals surface area contributed by atoms with E-state index in [1.807, 2.05) is 19.1 Å². The molecule has 1 aliphatic carbocycles. The number of benzene rings is 1. The van der Waals surface area contributed by atoms with Crippen LogP contribution in [0.15, 0.2) is 23.3 Å². The van der Waals surface area contributed by atoms with Crippen molar-refractivity contribution in [2.45, 2.75) is 70.1 Å². The number of fused-ring (bicyclic) bond motifs is 1. The van der Waals surface area contributed by atoms with Crippen molar-refractivity contribution in [1.29, 1.82) is 0 Å². The molecule has 2 atom stereocenters. The first-order valence-corrected chi connectivity index (χ1v) is 13.5. The van der Waals surface area contributed by atoms with Gasteiger partial charge in [-0.15, -0.1) is 0 Å². The molecule has 8 nitrogen and oxygen atoms in total. The van der Waals surface area contributed by atoms with E-state index in [9.17, 15) is 13.2 Å². The fraction of sp³-hybridized carbons (Fsp3) is 0.583. The molecule has 4 rings (SSSR count). The molecule has 2 N–H and O–H groups in total. The van der Waals surface area contributed by atoms with Crippen LogP contribution < -0.4 is 15.4 Å². The van der Waals surface area contributed by atoms with Gasteiger partial charge in [0.05, 0.1) is 36.4 Å². The van der Waals surface area contributed by atoms with Gasteiger partial charge in [-0.25, -0.2) is 13.2 Å². The third-order valence-electron chi connectivity index (χ3n) is 6.81. The molecule has 1 unspecified atom stereocenters. The second kappa shape index (κ2) is 9.75. The zero-order valence-electron chi connectivity index (χ0n) is 19.3. The minimum Gasteiger partial charge on any atom is -0.489 e. The topological polar surface area (TPSA) is 111 Å². The normalized spacial score (nSPS) is 25.4. The van der Waals surface area contributed by atoms with Crippen LogP contribution in [0, 0.1) is 0 Å². The second-order valence-electron chi connectivity index (χ2n) is 9.15. The molecule has 3 aliphatic rings. The first-order valence-electron chi connectivity index (χ1n) is 11.7. The van der Waals surface area contributed by atoms with Crippen LogP contribution in [0.25, 0.3) is 5.57 Å². The van der Waals surface area contributed by atoms with Crippen molar-refractivity contribution in [3.8, 4) is 5.75 Å². The smallest absolute Gasteiger partial charge is 0.414 e. The molecule has 1 saturated carbocycles. The number of methoxy groups -OCH3 is 1. The number of carbonyl (C=O) groups excluding carboxylic acids is 1. The zero-order chi connectivity index (χ0) is 23.6. The predicted molar refractivity (Wildman–Crippen MR) is 130 cm³/mol. The summed E-state index contributed by atoms with van der Waals surface area (Å²) in [5, 5.41) is 0. The van der Waals surface area contributed by atoms with Crippen molar-refractivity contribution in [2.24, 2.45) is 10.7 Å². The number of aliphatic imine (C=N–C) groups is 1. The number of rotatable bonds is 5. The number of nitrogens with zero attached hydrogens (tertiary/aromatic N) is 2. The number of ether oxygens (including phenoxy) is 2. The lowest BCUT2D eigenvalue weighted by atomic mass is 9.91. The Bertz CT molecular complexity index is 1060. The summed E-state index contributed by atoms with van der Waals surface area (Å²) >= 11 is 0. The lowest BCUT2D eigenvalue weighted by molar-refractivity contribution is 0.118. The Kier molecular flexibility index (Phi) is 6.97. The van der Waals surface area contributed by atoms with Crippen molar-refractivity contribution in [2.75, 3.05) is 23.5 Å². The third-order valence-corrected chi connectivity index (χ3v) is 8.61. The fourth-order valence-corrected chi connectivity index (χ4v) is 6.31. The largest absolute Gasteiger partial charge is 0.489 e. The molecule has 1 saturated heterocycles. The quantitative estimate of drug-likeness (QED) is 0.653. The average molecular weight is 476 g/mol. The summed E-state index contributed by atoms with van der Waals surface area (Å²) in [7, 11) is -1.65. The highest BCUT2D eigenvalue weighted by Gasteiger charge is 2.33. The molecule has 1 amide bonds. The minimum absolute atomic E-state index is 0.0201. The van der Waals surface area contributed by atoms with Crippen molar-refractivity contribution in [3.05, 3.63) is 29.5 Å². The molecule has 0 aromatic heterocycles. The van der Waals surface area contributed by atoms with E-state index in [4.69, 9.17) is 15.2 Å². The number of anilines is 1. The number of nitrogens with two attached hydrogens (primary N) is 1. The van der Waals surface area contributed by atoms with E-state index < -0.39 is 9.84 Å². The maximum Gasteiger partial charge on any atom is 0.414 e. The van der Waals surface area contributed by atoms with Crippen molar-refractivity contribution in [1.82, 2.24) is 0 Å². The van der Waals surface area contributed by atoms with E-state index in [1.54, 1.807) is 11.1 Å². The highest BCUT2D eigenvalue weighted by molar-refractivity contribution is 7.91. The van der Waals surface area contributed by atoms with Gasteiger partial charge in [-0.3, -0.25) is 9.89 Å². The first kappa shape index (κ1) is 23.6. The molecule has 1 aromatic carbocycles. The maximum atomic E-state index is 12.5. The van der Waals surface area contributed by atoms with Gasteiger partial charge in [-0.2, -0.15) is 0 Å². The average Bonchev–Trinajstić information content (AvgIpc) is 2.75. The number of carbonyl (C=O) groups is 1. The zero-order valence-corrected chi connectivity index (χ0v) is 20.1. The van der Waals surface area contributed by atoms with E-state index in [0.29, 0.717) is 12.0 Å². The Morgan fingerprint density at radius 3 is 2.64 bits per heavy atom. The van der Waals surface area contributed by atoms with E-state index in [1.165, 1.54) is 13.3 Å². The van der Waals surface area contributed by atoms with Gasteiger partial charge >= 0.3 is 6.09 Å². The summed E-state index contributed by atoms with van der Waals surface area (Å²) in [6.07, 6.45) is 8.98. The van der Waals surface area contributed by atoms with Crippen LogP contribution >= 0.6 is 0 Å². The molecule has 0 radical (unpaired) electrons. The van der Waals surface area contributed by atoms with Crippen molar-refractivity contribution >= 4 is 33.4 Å². The number of hydrogen-bond acceptors (Lipinski definition) is 7. The summed E-state index contributed by atoms with van der Waals surface area (Å²) in [6, 6.07) is 3.57. The van der Waals surface area contributed by atoms with E-state index in [-0.39, 0.29) is 35.8 Å². The van der Waals surface area contributed by atoms with Gasteiger partial charge in [0.15, 0.2) is 9.84 Å². The van der Waals surface area contributed by atoms with Crippen molar-refractivity contribution in [3.63, 3.8) is 0 Å². The summed E-state index contributed by atoms with van der Waals surface area (Å²) in [6.45, 7) is 2.01. The fourth-order valence-electron chi connectivity index (χ4n) is 4.70. The van der Waals surface area contributed by atoms with Crippen molar-refractivity contribution < 1.29 is 22.7 Å². The summed E-state index contributed by atoms with van der Waals surface area (Å²) in [5.41, 5.74) is 9.26. The molecule has 0 spiro atoms. The van der Waals surface area contributed by atoms with Crippen LogP contribution in [0.5, 0.6) is 5.75 Å². The molecular formula is C24H33N3O5S. The van der Waals surface area contributed by atoms with Gasteiger partial charge in [0.1, 0.15) is 5.75 Å². The Labute approximate surface area is 195 Å². The van der Waals surface area contributed by atoms with Crippen LogP contribution in [-0.2, 0) is 21.0 Å². The molecule has 0 bridgehead atoms. The molecule has 1 aromatic rings. The molecule has 2 heterocycles.